The summed E-state index contributed by atoms with van der Waals surface area (Å²) in [5, 5.41) is 3.27. The summed E-state index contributed by atoms with van der Waals surface area (Å²) >= 11 is 0. The van der Waals surface area contributed by atoms with E-state index in [0.29, 0.717) is 38.6 Å². The van der Waals surface area contributed by atoms with Gasteiger partial charge in [-0.1, -0.05) is 19.1 Å². The van der Waals surface area contributed by atoms with E-state index in [-0.39, 0.29) is 23.4 Å². The Morgan fingerprint density at radius 1 is 1.11 bits per heavy atom. The first-order valence-corrected chi connectivity index (χ1v) is 10.4. The maximum atomic E-state index is 11.9. The van der Waals surface area contributed by atoms with Crippen molar-refractivity contribution < 1.29 is 22.6 Å². The van der Waals surface area contributed by atoms with Crippen LogP contribution in [0.1, 0.15) is 6.92 Å². The zero-order chi connectivity index (χ0) is 19.1. The monoisotopic (exact) mass is 428 g/mol. The molecular formula is C19H25ClN2O5S. The summed E-state index contributed by atoms with van der Waals surface area (Å²) in [7, 11) is -3.43. The molecule has 154 valence electrons. The van der Waals surface area contributed by atoms with E-state index in [9.17, 15) is 8.42 Å². The molecule has 28 heavy (non-hydrogen) atoms. The summed E-state index contributed by atoms with van der Waals surface area (Å²) in [6, 6.07) is 14.0. The van der Waals surface area contributed by atoms with Gasteiger partial charge in [-0.3, -0.25) is 0 Å². The molecule has 2 N–H and O–H groups in total. The Bertz CT molecular complexity index is 846. The van der Waals surface area contributed by atoms with Gasteiger partial charge in [0.2, 0.25) is 10.0 Å². The number of nitrogens with one attached hydrogen (secondary N) is 2. The number of hydrogen-bond donors (Lipinski definition) is 2. The van der Waals surface area contributed by atoms with Crippen LogP contribution in [0.2, 0.25) is 0 Å². The molecule has 1 aliphatic rings. The minimum absolute atomic E-state index is 0. The lowest BCUT2D eigenvalue weighted by Crippen LogP contribution is -2.39. The number of sulfonamides is 1. The van der Waals surface area contributed by atoms with Crippen LogP contribution < -0.4 is 24.2 Å². The van der Waals surface area contributed by atoms with Gasteiger partial charge in [-0.05, 0) is 36.4 Å². The number of hydrogen-bond acceptors (Lipinski definition) is 6. The largest absolute Gasteiger partial charge is 0.492 e. The summed E-state index contributed by atoms with van der Waals surface area (Å²) in [4.78, 5) is 0.226. The minimum Gasteiger partial charge on any atom is -0.492 e. The Kier molecular flexibility index (Phi) is 8.37. The standard InChI is InChI=1S/C19H24N2O5S.ClH/c1-2-21-27(22,23)17-9-7-15(8-10-17)24-12-11-20-13-16-14-25-18-5-3-4-6-19(18)26-16;/h3-10,16,20-21H,2,11-14H2,1H3;1H. The van der Waals surface area contributed by atoms with Gasteiger partial charge < -0.3 is 19.5 Å². The van der Waals surface area contributed by atoms with Crippen LogP contribution in [0.15, 0.2) is 53.4 Å². The van der Waals surface area contributed by atoms with Crippen molar-refractivity contribution in [2.75, 3.05) is 32.8 Å². The van der Waals surface area contributed by atoms with Crippen molar-refractivity contribution in [1.82, 2.24) is 10.0 Å². The topological polar surface area (TPSA) is 85.9 Å². The van der Waals surface area contributed by atoms with E-state index < -0.39 is 10.0 Å². The molecule has 1 atom stereocenters. The summed E-state index contributed by atoms with van der Waals surface area (Å²) in [5.74, 6) is 2.16. The highest BCUT2D eigenvalue weighted by Crippen LogP contribution is 2.30. The molecule has 0 spiro atoms. The van der Waals surface area contributed by atoms with Crippen LogP contribution in [0.25, 0.3) is 0 Å². The molecular weight excluding hydrogens is 404 g/mol. The highest BCUT2D eigenvalue weighted by atomic mass is 35.5. The molecule has 2 aromatic rings. The maximum absolute atomic E-state index is 11.9. The molecule has 9 heteroatoms. The van der Waals surface area contributed by atoms with Gasteiger partial charge in [0.15, 0.2) is 11.5 Å². The second-order valence-corrected chi connectivity index (χ2v) is 7.79. The van der Waals surface area contributed by atoms with Gasteiger partial charge >= 0.3 is 0 Å². The number of benzene rings is 2. The lowest BCUT2D eigenvalue weighted by Gasteiger charge is -2.26. The van der Waals surface area contributed by atoms with Crippen LogP contribution in [0.4, 0.5) is 0 Å². The first-order chi connectivity index (χ1) is 13.1. The molecule has 2 aromatic carbocycles. The molecule has 1 unspecified atom stereocenters. The quantitative estimate of drug-likeness (QED) is 0.595. The normalized spacial score (nSPS) is 15.5. The van der Waals surface area contributed by atoms with Gasteiger partial charge in [0.05, 0.1) is 4.90 Å². The van der Waals surface area contributed by atoms with Crippen LogP contribution in [0.3, 0.4) is 0 Å². The molecule has 1 aliphatic heterocycles. The highest BCUT2D eigenvalue weighted by molar-refractivity contribution is 7.89. The lowest BCUT2D eigenvalue weighted by molar-refractivity contribution is 0.0897. The summed E-state index contributed by atoms with van der Waals surface area (Å²) < 4.78 is 43.4. The van der Waals surface area contributed by atoms with E-state index >= 15 is 0 Å². The first kappa shape index (κ1) is 22.3. The molecule has 0 saturated carbocycles. The number of ether oxygens (including phenoxy) is 3. The maximum Gasteiger partial charge on any atom is 0.240 e. The van der Waals surface area contributed by atoms with Crippen molar-refractivity contribution in [2.24, 2.45) is 0 Å². The molecule has 0 amide bonds. The average molecular weight is 429 g/mol. The van der Waals surface area contributed by atoms with Crippen LogP contribution in [-0.2, 0) is 10.0 Å². The molecule has 0 bridgehead atoms. The highest BCUT2D eigenvalue weighted by Gasteiger charge is 2.19. The van der Waals surface area contributed by atoms with Crippen molar-refractivity contribution in [3.05, 3.63) is 48.5 Å². The zero-order valence-corrected chi connectivity index (χ0v) is 17.2. The van der Waals surface area contributed by atoms with Gasteiger partial charge in [-0.25, -0.2) is 13.1 Å². The van der Waals surface area contributed by atoms with Gasteiger partial charge in [0.1, 0.15) is 25.1 Å². The predicted molar refractivity (Wildman–Crippen MR) is 109 cm³/mol. The fourth-order valence-electron chi connectivity index (χ4n) is 2.66. The third-order valence-corrected chi connectivity index (χ3v) is 5.52. The van der Waals surface area contributed by atoms with E-state index in [2.05, 4.69) is 10.0 Å². The van der Waals surface area contributed by atoms with Gasteiger partial charge in [0, 0.05) is 19.6 Å². The summed E-state index contributed by atoms with van der Waals surface area (Å²) in [6.45, 7) is 4.35. The van der Waals surface area contributed by atoms with Crippen molar-refractivity contribution in [3.8, 4) is 17.2 Å². The Hall–Kier alpha value is -2.00. The van der Waals surface area contributed by atoms with Crippen LogP contribution in [0, 0.1) is 0 Å². The second kappa shape index (κ2) is 10.5. The van der Waals surface area contributed by atoms with Crippen molar-refractivity contribution in [1.29, 1.82) is 0 Å². The average Bonchev–Trinajstić information content (AvgIpc) is 2.68. The Morgan fingerprint density at radius 2 is 1.82 bits per heavy atom. The van der Waals surface area contributed by atoms with E-state index in [1.807, 2.05) is 24.3 Å². The first-order valence-electron chi connectivity index (χ1n) is 8.90. The van der Waals surface area contributed by atoms with Gasteiger partial charge in [-0.15, -0.1) is 12.4 Å². The summed E-state index contributed by atoms with van der Waals surface area (Å²) in [5.41, 5.74) is 0. The number of rotatable bonds is 9. The third kappa shape index (κ3) is 6.00. The number of para-hydroxylation sites is 2. The second-order valence-electron chi connectivity index (χ2n) is 6.02. The van der Waals surface area contributed by atoms with E-state index in [0.717, 1.165) is 11.5 Å². The fourth-order valence-corrected chi connectivity index (χ4v) is 3.70. The van der Waals surface area contributed by atoms with Crippen LogP contribution in [0.5, 0.6) is 17.2 Å². The van der Waals surface area contributed by atoms with E-state index in [4.69, 9.17) is 14.2 Å². The van der Waals surface area contributed by atoms with Crippen molar-refractivity contribution >= 4 is 22.4 Å². The molecule has 0 aliphatic carbocycles. The fraction of sp³-hybridized carbons (Fsp3) is 0.368. The van der Waals surface area contributed by atoms with Crippen LogP contribution in [-0.4, -0.2) is 47.4 Å². The van der Waals surface area contributed by atoms with E-state index in [1.54, 1.807) is 19.1 Å². The van der Waals surface area contributed by atoms with Crippen molar-refractivity contribution in [2.45, 2.75) is 17.9 Å². The Labute approximate surface area is 171 Å². The lowest BCUT2D eigenvalue weighted by atomic mass is 10.2. The van der Waals surface area contributed by atoms with Gasteiger partial charge in [0.25, 0.3) is 0 Å². The van der Waals surface area contributed by atoms with Crippen molar-refractivity contribution in [3.63, 3.8) is 0 Å². The number of fused-ring (bicyclic) bond motifs is 1. The zero-order valence-electron chi connectivity index (χ0n) is 15.6. The molecule has 0 fully saturated rings. The molecule has 3 rings (SSSR count). The molecule has 0 radical (unpaired) electrons. The van der Waals surface area contributed by atoms with Crippen LogP contribution >= 0.6 is 12.4 Å². The molecule has 0 saturated heterocycles. The van der Waals surface area contributed by atoms with Gasteiger partial charge in [-0.2, -0.15) is 0 Å². The Balaban J connectivity index is 0.00000280. The summed E-state index contributed by atoms with van der Waals surface area (Å²) in [6.07, 6.45) is -0.0459. The Morgan fingerprint density at radius 3 is 2.54 bits per heavy atom. The predicted octanol–water partition coefficient (Wildman–Crippen LogP) is 2.22. The molecule has 1 heterocycles. The number of halogens is 1. The van der Waals surface area contributed by atoms with E-state index in [1.165, 1.54) is 12.1 Å². The molecule has 7 nitrogen and oxygen atoms in total. The minimum atomic E-state index is -3.43. The third-order valence-electron chi connectivity index (χ3n) is 3.96. The molecule has 0 aromatic heterocycles. The smallest absolute Gasteiger partial charge is 0.240 e. The SMILES string of the molecule is CCNS(=O)(=O)c1ccc(OCCNCC2COc3ccccc3O2)cc1.Cl.